The van der Waals surface area contributed by atoms with E-state index in [0.29, 0.717) is 39.8 Å². The lowest BCUT2D eigenvalue weighted by Crippen LogP contribution is -2.52. The van der Waals surface area contributed by atoms with Crippen LogP contribution in [-0.2, 0) is 26.2 Å². The summed E-state index contributed by atoms with van der Waals surface area (Å²) in [5.41, 5.74) is 1.71. The molecule has 0 saturated heterocycles. The molecule has 0 bridgehead atoms. The van der Waals surface area contributed by atoms with Gasteiger partial charge in [-0.25, -0.2) is 8.42 Å². The highest BCUT2D eigenvalue weighted by atomic mass is 35.5. The topological polar surface area (TPSA) is 86.8 Å². The Morgan fingerprint density at radius 2 is 1.74 bits per heavy atom. The average Bonchev–Trinajstić information content (AvgIpc) is 2.77. The number of aryl methyl sites for hydroxylation is 1. The lowest BCUT2D eigenvalue weighted by molar-refractivity contribution is -0.140. The van der Waals surface area contributed by atoms with E-state index in [4.69, 9.17) is 23.2 Å². The maximum atomic E-state index is 13.7. The van der Waals surface area contributed by atoms with E-state index >= 15 is 0 Å². The second-order valence-electron chi connectivity index (χ2n) is 8.88. The summed E-state index contributed by atoms with van der Waals surface area (Å²) in [5.74, 6) is -0.592. The maximum Gasteiger partial charge on any atom is 0.244 e. The van der Waals surface area contributed by atoms with E-state index in [2.05, 4.69) is 5.32 Å². The predicted molar refractivity (Wildman–Crippen MR) is 142 cm³/mol. The summed E-state index contributed by atoms with van der Waals surface area (Å²) in [6.45, 7) is 7.55. The molecule has 0 aliphatic rings. The third kappa shape index (κ3) is 8.12. The van der Waals surface area contributed by atoms with Crippen LogP contribution in [0.2, 0.25) is 10.0 Å². The van der Waals surface area contributed by atoms with Crippen LogP contribution in [0, 0.1) is 12.8 Å². The Kier molecular flexibility index (Phi) is 10.4. The van der Waals surface area contributed by atoms with Crippen LogP contribution in [0.3, 0.4) is 0 Å². The van der Waals surface area contributed by atoms with Gasteiger partial charge >= 0.3 is 0 Å². The predicted octanol–water partition coefficient (Wildman–Crippen LogP) is 4.65. The molecule has 2 amide bonds. The summed E-state index contributed by atoms with van der Waals surface area (Å²) in [6, 6.07) is 11.0. The molecule has 0 aromatic heterocycles. The summed E-state index contributed by atoms with van der Waals surface area (Å²) in [7, 11) is -3.79. The molecule has 7 nitrogen and oxygen atoms in total. The fourth-order valence-corrected chi connectivity index (χ4v) is 4.99. The Hall–Kier alpha value is -2.29. The van der Waals surface area contributed by atoms with Gasteiger partial charge in [0.25, 0.3) is 0 Å². The zero-order chi connectivity index (χ0) is 26.3. The van der Waals surface area contributed by atoms with Crippen LogP contribution < -0.4 is 9.62 Å². The zero-order valence-corrected chi connectivity index (χ0v) is 23.0. The number of carbonyl (C=O) groups excluding carboxylic acids is 2. The van der Waals surface area contributed by atoms with Gasteiger partial charge in [0.2, 0.25) is 21.8 Å². The minimum atomic E-state index is -3.79. The summed E-state index contributed by atoms with van der Waals surface area (Å²) in [5, 5.41) is 3.68. The molecule has 1 atom stereocenters. The van der Waals surface area contributed by atoms with Crippen LogP contribution >= 0.6 is 23.2 Å². The van der Waals surface area contributed by atoms with E-state index < -0.39 is 28.5 Å². The number of anilines is 1. The van der Waals surface area contributed by atoms with Gasteiger partial charge in [0, 0.05) is 23.1 Å². The molecule has 0 spiro atoms. The van der Waals surface area contributed by atoms with Crippen LogP contribution in [0.1, 0.15) is 38.3 Å². The average molecular weight is 543 g/mol. The minimum absolute atomic E-state index is 0.0216. The van der Waals surface area contributed by atoms with E-state index in [0.717, 1.165) is 10.6 Å². The van der Waals surface area contributed by atoms with Gasteiger partial charge in [-0.2, -0.15) is 0 Å². The lowest BCUT2D eigenvalue weighted by Gasteiger charge is -2.33. The van der Waals surface area contributed by atoms with Crippen LogP contribution in [0.25, 0.3) is 0 Å². The number of nitrogens with zero attached hydrogens (tertiary/aromatic N) is 2. The van der Waals surface area contributed by atoms with Gasteiger partial charge in [0.1, 0.15) is 12.6 Å². The highest BCUT2D eigenvalue weighted by Crippen LogP contribution is 2.26. The zero-order valence-electron chi connectivity index (χ0n) is 20.7. The Bertz CT molecular complexity index is 1160. The van der Waals surface area contributed by atoms with E-state index in [1.54, 1.807) is 56.3 Å². The van der Waals surface area contributed by atoms with E-state index in [9.17, 15) is 18.0 Å². The summed E-state index contributed by atoms with van der Waals surface area (Å²) >= 11 is 12.4. The van der Waals surface area contributed by atoms with Crippen LogP contribution in [-0.4, -0.2) is 50.5 Å². The lowest BCUT2D eigenvalue weighted by atomic mass is 10.1. The number of sulfonamides is 1. The van der Waals surface area contributed by atoms with Gasteiger partial charge in [-0.3, -0.25) is 13.9 Å². The third-order valence-corrected chi connectivity index (χ3v) is 7.20. The summed E-state index contributed by atoms with van der Waals surface area (Å²) < 4.78 is 26.4. The van der Waals surface area contributed by atoms with E-state index in [-0.39, 0.29) is 18.4 Å². The van der Waals surface area contributed by atoms with Crippen molar-refractivity contribution in [1.29, 1.82) is 0 Å². The second kappa shape index (κ2) is 12.6. The minimum Gasteiger partial charge on any atom is -0.354 e. The molecule has 2 aromatic rings. The molecule has 0 radical (unpaired) electrons. The number of rotatable bonds is 11. The third-order valence-electron chi connectivity index (χ3n) is 5.49. The molecule has 192 valence electrons. The standard InChI is InChI=1S/C25H33Cl2N3O4S/c1-6-22(25(32)28-14-17(2)3)29(15-19-11-12-20(26)13-21(19)27)24(31)16-30(35(5,33)34)23-10-8-7-9-18(23)4/h7-13,17,22H,6,14-16H2,1-5H3,(H,28,32)/t22-/m1/s1. The van der Waals surface area contributed by atoms with Gasteiger partial charge in [-0.1, -0.05) is 68.2 Å². The second-order valence-corrected chi connectivity index (χ2v) is 11.6. The Balaban J connectivity index is 2.47. The van der Waals surface area contributed by atoms with Gasteiger partial charge < -0.3 is 10.2 Å². The first-order valence-electron chi connectivity index (χ1n) is 11.4. The first-order chi connectivity index (χ1) is 16.3. The molecule has 1 N–H and O–H groups in total. The monoisotopic (exact) mass is 541 g/mol. The number of hydrogen-bond donors (Lipinski definition) is 1. The number of amides is 2. The fourth-order valence-electron chi connectivity index (χ4n) is 3.61. The number of nitrogens with one attached hydrogen (secondary N) is 1. The number of carbonyl (C=O) groups is 2. The number of halogens is 2. The first-order valence-corrected chi connectivity index (χ1v) is 14.0. The molecule has 2 rings (SSSR count). The fraction of sp³-hybridized carbons (Fsp3) is 0.440. The molecular weight excluding hydrogens is 509 g/mol. The molecule has 0 heterocycles. The Morgan fingerprint density at radius 3 is 2.29 bits per heavy atom. The maximum absolute atomic E-state index is 13.7. The van der Waals surface area contributed by atoms with Gasteiger partial charge in [0.15, 0.2) is 0 Å². The molecule has 0 unspecified atom stereocenters. The van der Waals surface area contributed by atoms with Crippen LogP contribution in [0.15, 0.2) is 42.5 Å². The van der Waals surface area contributed by atoms with Crippen molar-refractivity contribution in [2.45, 2.75) is 46.7 Å². The first kappa shape index (κ1) is 28.9. The van der Waals surface area contributed by atoms with Crippen LogP contribution in [0.4, 0.5) is 5.69 Å². The van der Waals surface area contributed by atoms with Crippen molar-refractivity contribution in [3.8, 4) is 0 Å². The van der Waals surface area contributed by atoms with Gasteiger partial charge in [-0.05, 0) is 48.6 Å². The van der Waals surface area contributed by atoms with Crippen molar-refractivity contribution in [2.24, 2.45) is 5.92 Å². The molecule has 10 heteroatoms. The molecule has 0 fully saturated rings. The molecule has 0 saturated carbocycles. The van der Waals surface area contributed by atoms with Crippen molar-refractivity contribution in [1.82, 2.24) is 10.2 Å². The van der Waals surface area contributed by atoms with Crippen molar-refractivity contribution < 1.29 is 18.0 Å². The van der Waals surface area contributed by atoms with E-state index in [1.165, 1.54) is 4.90 Å². The number of benzene rings is 2. The molecule has 2 aromatic carbocycles. The van der Waals surface area contributed by atoms with Crippen molar-refractivity contribution >= 4 is 50.7 Å². The highest BCUT2D eigenvalue weighted by Gasteiger charge is 2.32. The summed E-state index contributed by atoms with van der Waals surface area (Å²) in [4.78, 5) is 28.1. The van der Waals surface area contributed by atoms with Crippen molar-refractivity contribution in [3.63, 3.8) is 0 Å². The number of para-hydroxylation sites is 1. The largest absolute Gasteiger partial charge is 0.354 e. The summed E-state index contributed by atoms with van der Waals surface area (Å²) in [6.07, 6.45) is 1.39. The van der Waals surface area contributed by atoms with Crippen molar-refractivity contribution in [2.75, 3.05) is 23.7 Å². The normalized spacial score (nSPS) is 12.3. The number of hydrogen-bond acceptors (Lipinski definition) is 4. The Labute approximate surface area is 218 Å². The van der Waals surface area contributed by atoms with E-state index in [1.807, 2.05) is 13.8 Å². The highest BCUT2D eigenvalue weighted by molar-refractivity contribution is 7.92. The molecule has 0 aliphatic carbocycles. The van der Waals surface area contributed by atoms with Gasteiger partial charge in [0.05, 0.1) is 11.9 Å². The van der Waals surface area contributed by atoms with Gasteiger partial charge in [-0.15, -0.1) is 0 Å². The quantitative estimate of drug-likeness (QED) is 0.448. The molecule has 35 heavy (non-hydrogen) atoms. The Morgan fingerprint density at radius 1 is 1.09 bits per heavy atom. The smallest absolute Gasteiger partial charge is 0.244 e. The van der Waals surface area contributed by atoms with Crippen molar-refractivity contribution in [3.05, 3.63) is 63.6 Å². The van der Waals surface area contributed by atoms with Crippen LogP contribution in [0.5, 0.6) is 0 Å². The molecule has 0 aliphatic heterocycles. The SMILES string of the molecule is CC[C@H](C(=O)NCC(C)C)N(Cc1ccc(Cl)cc1Cl)C(=O)CN(c1ccccc1C)S(C)(=O)=O. The molecular formula is C25H33Cl2N3O4S.